The molecule has 2 unspecified atom stereocenters. The van der Waals surface area contributed by atoms with Gasteiger partial charge in [-0.3, -0.25) is 4.79 Å². The molecule has 1 N–H and O–H groups in total. The first-order valence-corrected chi connectivity index (χ1v) is 11.4. The first-order chi connectivity index (χ1) is 14.9. The molecule has 6 nitrogen and oxygen atoms in total. The van der Waals surface area contributed by atoms with Crippen LogP contribution < -0.4 is 10.2 Å². The molecule has 1 aromatic carbocycles. The van der Waals surface area contributed by atoms with Gasteiger partial charge >= 0.3 is 0 Å². The number of carbonyl (C=O) groups is 1. The molecule has 162 valence electrons. The molecule has 2 atom stereocenters. The van der Waals surface area contributed by atoms with Gasteiger partial charge in [0, 0.05) is 23.5 Å². The predicted octanol–water partition coefficient (Wildman–Crippen LogP) is 4.62. The van der Waals surface area contributed by atoms with Gasteiger partial charge in [-0.1, -0.05) is 29.8 Å². The van der Waals surface area contributed by atoms with Gasteiger partial charge in [-0.2, -0.15) is 0 Å². The zero-order valence-corrected chi connectivity index (χ0v) is 19.2. The number of rotatable bonds is 5. The third-order valence-electron chi connectivity index (χ3n) is 5.23. The molecule has 1 fully saturated rings. The molecule has 0 bridgehead atoms. The number of amides is 1. The van der Waals surface area contributed by atoms with E-state index in [1.54, 1.807) is 17.5 Å². The molecule has 0 spiro atoms. The Balaban J connectivity index is 1.42. The van der Waals surface area contributed by atoms with Crippen LogP contribution in [0, 0.1) is 13.8 Å². The van der Waals surface area contributed by atoms with Gasteiger partial charge in [-0.25, -0.2) is 9.97 Å². The maximum atomic E-state index is 12.7. The fraction of sp³-hybridized carbons (Fsp3) is 0.375. The highest BCUT2D eigenvalue weighted by Gasteiger charge is 2.23. The van der Waals surface area contributed by atoms with Gasteiger partial charge in [0.15, 0.2) is 0 Å². The van der Waals surface area contributed by atoms with Gasteiger partial charge < -0.3 is 15.0 Å². The second kappa shape index (κ2) is 9.16. The summed E-state index contributed by atoms with van der Waals surface area (Å²) in [5, 5.41) is 3.93. The third-order valence-corrected chi connectivity index (χ3v) is 6.20. The Morgan fingerprint density at radius 2 is 1.84 bits per heavy atom. The van der Waals surface area contributed by atoms with E-state index in [9.17, 15) is 4.79 Å². The molecule has 0 aliphatic carbocycles. The number of thiazole rings is 1. The van der Waals surface area contributed by atoms with Crippen LogP contribution in [-0.2, 0) is 16.0 Å². The van der Waals surface area contributed by atoms with Crippen molar-refractivity contribution in [3.8, 4) is 11.3 Å². The van der Waals surface area contributed by atoms with E-state index in [1.807, 2.05) is 19.1 Å². The van der Waals surface area contributed by atoms with Gasteiger partial charge in [-0.05, 0) is 39.8 Å². The summed E-state index contributed by atoms with van der Waals surface area (Å²) in [6, 6.07) is 12.1. The summed E-state index contributed by atoms with van der Waals surface area (Å²) in [4.78, 5) is 25.1. The summed E-state index contributed by atoms with van der Waals surface area (Å²) < 4.78 is 5.79. The third kappa shape index (κ3) is 5.29. The molecule has 7 heteroatoms. The molecular weight excluding hydrogens is 408 g/mol. The van der Waals surface area contributed by atoms with Crippen LogP contribution in [0.15, 0.2) is 42.6 Å². The van der Waals surface area contributed by atoms with Crippen molar-refractivity contribution in [3.05, 3.63) is 58.0 Å². The Hall–Kier alpha value is -2.77. The molecule has 4 rings (SSSR count). The van der Waals surface area contributed by atoms with Gasteiger partial charge in [0.25, 0.3) is 0 Å². The minimum atomic E-state index is -0.0693. The number of benzene rings is 1. The Bertz CT molecular complexity index is 1040. The van der Waals surface area contributed by atoms with Crippen LogP contribution in [0.25, 0.3) is 11.3 Å². The number of pyridine rings is 1. The number of carbonyl (C=O) groups excluding carboxylic acids is 1. The first-order valence-electron chi connectivity index (χ1n) is 10.6. The summed E-state index contributed by atoms with van der Waals surface area (Å²) in [7, 11) is 0. The summed E-state index contributed by atoms with van der Waals surface area (Å²) in [6.07, 6.45) is 2.36. The number of morpholine rings is 1. The fourth-order valence-corrected chi connectivity index (χ4v) is 4.85. The van der Waals surface area contributed by atoms with Crippen molar-refractivity contribution in [2.45, 2.75) is 46.3 Å². The van der Waals surface area contributed by atoms with Gasteiger partial charge in [0.2, 0.25) is 5.91 Å². The average molecular weight is 437 g/mol. The molecule has 1 aliphatic rings. The number of nitrogens with zero attached hydrogens (tertiary/aromatic N) is 3. The van der Waals surface area contributed by atoms with Crippen LogP contribution in [0.1, 0.15) is 29.3 Å². The van der Waals surface area contributed by atoms with Crippen molar-refractivity contribution in [1.82, 2.24) is 9.97 Å². The molecule has 1 aliphatic heterocycles. The highest BCUT2D eigenvalue weighted by molar-refractivity contribution is 7.12. The number of aromatic nitrogens is 2. The van der Waals surface area contributed by atoms with Crippen LogP contribution in [-0.4, -0.2) is 41.2 Å². The van der Waals surface area contributed by atoms with E-state index in [0.717, 1.165) is 40.0 Å². The van der Waals surface area contributed by atoms with Gasteiger partial charge in [0.05, 0.1) is 41.2 Å². The molecular formula is C24H28N4O2S. The maximum Gasteiger partial charge on any atom is 0.229 e. The number of hydrogen-bond donors (Lipinski definition) is 1. The Morgan fingerprint density at radius 1 is 1.13 bits per heavy atom. The van der Waals surface area contributed by atoms with Crippen LogP contribution >= 0.6 is 11.3 Å². The molecule has 2 aromatic heterocycles. The Morgan fingerprint density at radius 3 is 2.48 bits per heavy atom. The number of anilines is 2. The Labute approximate surface area is 187 Å². The second-order valence-electron chi connectivity index (χ2n) is 8.16. The molecule has 1 amide bonds. The van der Waals surface area contributed by atoms with E-state index < -0.39 is 0 Å². The smallest absolute Gasteiger partial charge is 0.229 e. The fourth-order valence-electron chi connectivity index (χ4n) is 3.89. The zero-order chi connectivity index (χ0) is 22.0. The quantitative estimate of drug-likeness (QED) is 0.632. The van der Waals surface area contributed by atoms with Gasteiger partial charge in [-0.15, -0.1) is 11.3 Å². The van der Waals surface area contributed by atoms with E-state index in [2.05, 4.69) is 65.2 Å². The highest BCUT2D eigenvalue weighted by Crippen LogP contribution is 2.29. The SMILES string of the molecule is Cc1ccc(-c2nc(C)sc2CC(=O)Nc2ccc(N3CC(C)OC(C)C3)nc2)cc1. The summed E-state index contributed by atoms with van der Waals surface area (Å²) in [5.41, 5.74) is 3.83. The lowest BCUT2D eigenvalue weighted by Gasteiger charge is -2.36. The van der Waals surface area contributed by atoms with E-state index >= 15 is 0 Å². The standard InChI is InChI=1S/C24H28N4O2S/c1-15-5-7-19(8-6-15)24-21(31-18(4)26-24)11-23(29)27-20-9-10-22(25-12-20)28-13-16(2)30-17(3)14-28/h5-10,12,16-17H,11,13-14H2,1-4H3,(H,27,29). The van der Waals surface area contributed by atoms with Crippen molar-refractivity contribution < 1.29 is 9.53 Å². The number of aryl methyl sites for hydroxylation is 2. The largest absolute Gasteiger partial charge is 0.372 e. The average Bonchev–Trinajstić information content (AvgIpc) is 3.08. The van der Waals surface area contributed by atoms with Crippen molar-refractivity contribution in [2.24, 2.45) is 0 Å². The van der Waals surface area contributed by atoms with E-state index in [4.69, 9.17) is 4.74 Å². The van der Waals surface area contributed by atoms with Crippen molar-refractivity contribution >= 4 is 28.7 Å². The van der Waals surface area contributed by atoms with Crippen molar-refractivity contribution in [1.29, 1.82) is 0 Å². The topological polar surface area (TPSA) is 67.4 Å². The minimum Gasteiger partial charge on any atom is -0.372 e. The van der Waals surface area contributed by atoms with Crippen molar-refractivity contribution in [3.63, 3.8) is 0 Å². The zero-order valence-electron chi connectivity index (χ0n) is 18.4. The summed E-state index contributed by atoms with van der Waals surface area (Å²) >= 11 is 1.57. The summed E-state index contributed by atoms with van der Waals surface area (Å²) in [5.74, 6) is 0.833. The molecule has 0 saturated carbocycles. The van der Waals surface area contributed by atoms with Crippen LogP contribution in [0.3, 0.4) is 0 Å². The molecule has 3 heterocycles. The number of nitrogens with one attached hydrogen (secondary N) is 1. The highest BCUT2D eigenvalue weighted by atomic mass is 32.1. The monoisotopic (exact) mass is 436 g/mol. The predicted molar refractivity (Wildman–Crippen MR) is 126 cm³/mol. The lowest BCUT2D eigenvalue weighted by molar-refractivity contribution is -0.115. The second-order valence-corrected chi connectivity index (χ2v) is 9.45. The van der Waals surface area contributed by atoms with Crippen LogP contribution in [0.5, 0.6) is 0 Å². The molecule has 1 saturated heterocycles. The number of hydrogen-bond acceptors (Lipinski definition) is 6. The molecule has 3 aromatic rings. The maximum absolute atomic E-state index is 12.7. The van der Waals surface area contributed by atoms with Gasteiger partial charge in [0.1, 0.15) is 5.82 Å². The molecule has 31 heavy (non-hydrogen) atoms. The molecule has 0 radical (unpaired) electrons. The Kier molecular flexibility index (Phi) is 6.34. The van der Waals surface area contributed by atoms with Crippen LogP contribution in [0.4, 0.5) is 11.5 Å². The minimum absolute atomic E-state index is 0.0693. The lowest BCUT2D eigenvalue weighted by atomic mass is 10.1. The first kappa shape index (κ1) is 21.5. The number of ether oxygens (including phenoxy) is 1. The van der Waals surface area contributed by atoms with E-state index in [-0.39, 0.29) is 24.5 Å². The normalized spacial score (nSPS) is 18.8. The van der Waals surface area contributed by atoms with E-state index in [1.165, 1.54) is 5.56 Å². The van der Waals surface area contributed by atoms with Crippen molar-refractivity contribution in [2.75, 3.05) is 23.3 Å². The van der Waals surface area contributed by atoms with Crippen LogP contribution in [0.2, 0.25) is 0 Å². The summed E-state index contributed by atoms with van der Waals surface area (Å²) in [6.45, 7) is 9.81. The van der Waals surface area contributed by atoms with E-state index in [0.29, 0.717) is 5.69 Å². The lowest BCUT2D eigenvalue weighted by Crippen LogP contribution is -2.45.